The molecule has 0 bridgehead atoms. The zero-order valence-corrected chi connectivity index (χ0v) is 17.3. The number of carbonyl (C=O) groups is 2. The first-order chi connectivity index (χ1) is 12.1. The van der Waals surface area contributed by atoms with Gasteiger partial charge in [0.1, 0.15) is 6.04 Å². The topological polar surface area (TPSA) is 81.3 Å². The summed E-state index contributed by atoms with van der Waals surface area (Å²) in [6.45, 7) is 6.06. The molecule has 1 spiro atoms. The highest BCUT2D eigenvalue weighted by Gasteiger charge is 2.42. The molecule has 9 heteroatoms. The molecule has 27 heavy (non-hydrogen) atoms. The van der Waals surface area contributed by atoms with Crippen LogP contribution >= 0.6 is 24.8 Å². The van der Waals surface area contributed by atoms with Crippen LogP contribution in [-0.4, -0.2) is 64.3 Å². The third-order valence-electron chi connectivity index (χ3n) is 6.26. The lowest BCUT2D eigenvalue weighted by Gasteiger charge is -2.47. The van der Waals surface area contributed by atoms with Crippen LogP contribution in [-0.2, 0) is 16.0 Å². The number of hydrogen-bond donors (Lipinski definition) is 2. The Morgan fingerprint density at radius 2 is 2.00 bits per heavy atom. The second-order valence-electron chi connectivity index (χ2n) is 7.64. The molecule has 2 amide bonds. The molecule has 4 heterocycles. The van der Waals surface area contributed by atoms with Crippen LogP contribution in [0.3, 0.4) is 0 Å². The van der Waals surface area contributed by atoms with Gasteiger partial charge in [-0.25, -0.2) is 4.98 Å². The highest BCUT2D eigenvalue weighted by molar-refractivity contribution is 5.85. The summed E-state index contributed by atoms with van der Waals surface area (Å²) in [6.07, 6.45) is 6.17. The average molecular weight is 418 g/mol. The molecule has 2 N–H and O–H groups in total. The first kappa shape index (κ1) is 22.0. The minimum absolute atomic E-state index is 0. The minimum Gasteiger partial charge on any atom is -0.348 e. The Kier molecular flexibility index (Phi) is 7.16. The standard InChI is InChI=1S/C18H27N5O2.2ClH/c1-2-22-11-18(5-3-14(22)24)6-9-23(10-7-18)17(25)16-15-13(4-8-19-16)20-12-21-15;;/h12,16,19H,2-11H2,1H3,(H,20,21);2*1H. The molecule has 1 unspecified atom stereocenters. The van der Waals surface area contributed by atoms with Crippen molar-refractivity contribution in [1.29, 1.82) is 0 Å². The van der Waals surface area contributed by atoms with E-state index in [1.165, 1.54) is 0 Å². The maximum Gasteiger partial charge on any atom is 0.246 e. The number of nitrogens with zero attached hydrogens (tertiary/aromatic N) is 3. The van der Waals surface area contributed by atoms with Gasteiger partial charge in [-0.05, 0) is 31.6 Å². The maximum absolute atomic E-state index is 13.0. The molecule has 3 aliphatic rings. The quantitative estimate of drug-likeness (QED) is 0.766. The lowest BCUT2D eigenvalue weighted by atomic mass is 9.72. The Morgan fingerprint density at radius 1 is 1.26 bits per heavy atom. The van der Waals surface area contributed by atoms with Crippen molar-refractivity contribution in [3.05, 3.63) is 17.7 Å². The molecule has 0 radical (unpaired) electrons. The van der Waals surface area contributed by atoms with Gasteiger partial charge < -0.3 is 20.1 Å². The summed E-state index contributed by atoms with van der Waals surface area (Å²) in [4.78, 5) is 36.4. The van der Waals surface area contributed by atoms with E-state index in [2.05, 4.69) is 15.3 Å². The van der Waals surface area contributed by atoms with Crippen molar-refractivity contribution in [2.24, 2.45) is 5.41 Å². The normalized spacial score (nSPS) is 24.0. The first-order valence-corrected chi connectivity index (χ1v) is 9.44. The third-order valence-corrected chi connectivity index (χ3v) is 6.26. The van der Waals surface area contributed by atoms with Crippen LogP contribution in [0.1, 0.15) is 50.0 Å². The molecule has 7 nitrogen and oxygen atoms in total. The highest BCUT2D eigenvalue weighted by atomic mass is 35.5. The van der Waals surface area contributed by atoms with E-state index < -0.39 is 0 Å². The second-order valence-corrected chi connectivity index (χ2v) is 7.64. The number of likely N-dealkylation sites (tertiary alicyclic amines) is 2. The van der Waals surface area contributed by atoms with E-state index in [4.69, 9.17) is 0 Å². The predicted molar refractivity (Wildman–Crippen MR) is 107 cm³/mol. The zero-order chi connectivity index (χ0) is 17.4. The molecular weight excluding hydrogens is 389 g/mol. The first-order valence-electron chi connectivity index (χ1n) is 9.44. The van der Waals surface area contributed by atoms with Crippen LogP contribution in [0.2, 0.25) is 0 Å². The SMILES string of the molecule is CCN1CC2(CCC1=O)CCN(C(=O)C1NCCc3[nH]cnc31)CC2.Cl.Cl. The number of piperidine rings is 2. The number of imidazole rings is 1. The number of amides is 2. The Hall–Kier alpha value is -1.31. The fourth-order valence-electron chi connectivity index (χ4n) is 4.61. The van der Waals surface area contributed by atoms with Crippen LogP contribution in [0.5, 0.6) is 0 Å². The molecule has 0 aliphatic carbocycles. The van der Waals surface area contributed by atoms with Gasteiger partial charge in [-0.2, -0.15) is 0 Å². The summed E-state index contributed by atoms with van der Waals surface area (Å²) in [5.74, 6) is 0.422. The van der Waals surface area contributed by atoms with Crippen LogP contribution < -0.4 is 5.32 Å². The van der Waals surface area contributed by atoms with Gasteiger partial charge >= 0.3 is 0 Å². The number of halogens is 2. The predicted octanol–water partition coefficient (Wildman–Crippen LogP) is 1.69. The lowest BCUT2D eigenvalue weighted by molar-refractivity contribution is -0.143. The van der Waals surface area contributed by atoms with E-state index in [-0.39, 0.29) is 48.1 Å². The smallest absolute Gasteiger partial charge is 0.246 e. The molecule has 1 atom stereocenters. The van der Waals surface area contributed by atoms with Gasteiger partial charge in [-0.15, -0.1) is 24.8 Å². The van der Waals surface area contributed by atoms with E-state index in [0.29, 0.717) is 6.42 Å². The Balaban J connectivity index is 0.00000131. The Morgan fingerprint density at radius 3 is 2.70 bits per heavy atom. The fraction of sp³-hybridized carbons (Fsp3) is 0.722. The average Bonchev–Trinajstić information content (AvgIpc) is 3.13. The van der Waals surface area contributed by atoms with Crippen molar-refractivity contribution in [1.82, 2.24) is 25.1 Å². The number of fused-ring (bicyclic) bond motifs is 1. The van der Waals surface area contributed by atoms with Gasteiger partial charge in [0.25, 0.3) is 0 Å². The van der Waals surface area contributed by atoms with Gasteiger partial charge in [-0.3, -0.25) is 9.59 Å². The largest absolute Gasteiger partial charge is 0.348 e. The Bertz CT molecular complexity index is 672. The van der Waals surface area contributed by atoms with E-state index in [1.807, 2.05) is 16.7 Å². The minimum atomic E-state index is -0.316. The Labute approximate surface area is 172 Å². The summed E-state index contributed by atoms with van der Waals surface area (Å²) >= 11 is 0. The van der Waals surface area contributed by atoms with Gasteiger partial charge in [0.2, 0.25) is 11.8 Å². The number of aromatic nitrogens is 2. The van der Waals surface area contributed by atoms with Crippen molar-refractivity contribution in [3.63, 3.8) is 0 Å². The molecule has 0 saturated carbocycles. The lowest BCUT2D eigenvalue weighted by Crippen LogP contribution is -2.54. The van der Waals surface area contributed by atoms with E-state index in [0.717, 1.165) is 69.8 Å². The molecule has 3 aliphatic heterocycles. The van der Waals surface area contributed by atoms with Crippen LogP contribution in [0.15, 0.2) is 6.33 Å². The van der Waals surface area contributed by atoms with Crippen molar-refractivity contribution >= 4 is 36.6 Å². The summed E-state index contributed by atoms with van der Waals surface area (Å²) in [7, 11) is 0. The van der Waals surface area contributed by atoms with Crippen molar-refractivity contribution in [3.8, 4) is 0 Å². The zero-order valence-electron chi connectivity index (χ0n) is 15.7. The van der Waals surface area contributed by atoms with Gasteiger partial charge in [0, 0.05) is 51.3 Å². The molecule has 1 aromatic heterocycles. The third kappa shape index (κ3) is 4.10. The number of carbonyl (C=O) groups excluding carboxylic acids is 2. The molecular formula is C18H29Cl2N5O2. The monoisotopic (exact) mass is 417 g/mol. The molecule has 4 rings (SSSR count). The molecule has 152 valence electrons. The highest BCUT2D eigenvalue weighted by Crippen LogP contribution is 2.40. The summed E-state index contributed by atoms with van der Waals surface area (Å²) in [6, 6.07) is -0.316. The maximum atomic E-state index is 13.0. The van der Waals surface area contributed by atoms with E-state index >= 15 is 0 Å². The number of hydrogen-bond acceptors (Lipinski definition) is 4. The van der Waals surface area contributed by atoms with Crippen LogP contribution in [0.4, 0.5) is 0 Å². The van der Waals surface area contributed by atoms with E-state index in [1.54, 1.807) is 6.33 Å². The van der Waals surface area contributed by atoms with Crippen molar-refractivity contribution in [2.75, 3.05) is 32.7 Å². The van der Waals surface area contributed by atoms with Gasteiger partial charge in [-0.1, -0.05) is 0 Å². The summed E-state index contributed by atoms with van der Waals surface area (Å²) < 4.78 is 0. The van der Waals surface area contributed by atoms with Gasteiger partial charge in [0.05, 0.1) is 12.0 Å². The van der Waals surface area contributed by atoms with Crippen LogP contribution in [0, 0.1) is 5.41 Å². The summed E-state index contributed by atoms with van der Waals surface area (Å²) in [5, 5.41) is 3.32. The number of rotatable bonds is 2. The van der Waals surface area contributed by atoms with Crippen molar-refractivity contribution in [2.45, 2.75) is 45.1 Å². The number of H-pyrrole nitrogens is 1. The number of aromatic amines is 1. The number of nitrogens with one attached hydrogen (secondary N) is 2. The molecule has 2 saturated heterocycles. The summed E-state index contributed by atoms with van der Waals surface area (Å²) in [5.41, 5.74) is 2.14. The van der Waals surface area contributed by atoms with Crippen molar-refractivity contribution < 1.29 is 9.59 Å². The molecule has 1 aromatic rings. The molecule has 0 aromatic carbocycles. The fourth-order valence-corrected chi connectivity index (χ4v) is 4.61. The van der Waals surface area contributed by atoms with E-state index in [9.17, 15) is 9.59 Å². The second kappa shape index (κ2) is 8.80. The molecule has 2 fully saturated rings. The van der Waals surface area contributed by atoms with Crippen LogP contribution in [0.25, 0.3) is 0 Å². The van der Waals surface area contributed by atoms with Gasteiger partial charge in [0.15, 0.2) is 0 Å².